The van der Waals surface area contributed by atoms with Crippen LogP contribution in [0.5, 0.6) is 0 Å². The Morgan fingerprint density at radius 1 is 1.19 bits per heavy atom. The first kappa shape index (κ1) is 20.7. The van der Waals surface area contributed by atoms with Crippen molar-refractivity contribution in [1.29, 1.82) is 0 Å². The summed E-state index contributed by atoms with van der Waals surface area (Å²) in [5.74, 6) is 0.862. The lowest BCUT2D eigenvalue weighted by atomic mass is 10.0. The van der Waals surface area contributed by atoms with Crippen LogP contribution in [0.1, 0.15) is 50.7 Å². The predicted molar refractivity (Wildman–Crippen MR) is 109 cm³/mol. The van der Waals surface area contributed by atoms with Gasteiger partial charge in [0.1, 0.15) is 0 Å². The molecule has 0 amide bonds. The molecule has 0 spiro atoms. The molecule has 0 bridgehead atoms. The van der Waals surface area contributed by atoms with Crippen molar-refractivity contribution >= 4 is 5.96 Å². The highest BCUT2D eigenvalue weighted by Gasteiger charge is 2.19. The SMILES string of the molecule is CCOCc1ccccc1CNC(=NC)NCCN1CCCCC1CC. The maximum absolute atomic E-state index is 5.57. The van der Waals surface area contributed by atoms with E-state index in [9.17, 15) is 0 Å². The second-order valence-electron chi connectivity index (χ2n) is 6.85. The summed E-state index contributed by atoms with van der Waals surface area (Å²) in [5, 5.41) is 6.89. The Morgan fingerprint density at radius 2 is 2.00 bits per heavy atom. The molecule has 1 aromatic carbocycles. The Bertz CT molecular complexity index is 547. The first-order chi connectivity index (χ1) is 12.8. The van der Waals surface area contributed by atoms with E-state index in [0.717, 1.165) is 38.2 Å². The first-order valence-corrected chi connectivity index (χ1v) is 10.1. The molecule has 1 aromatic rings. The minimum atomic E-state index is 0.660. The third-order valence-electron chi connectivity index (χ3n) is 5.16. The van der Waals surface area contributed by atoms with Crippen LogP contribution in [0.25, 0.3) is 0 Å². The van der Waals surface area contributed by atoms with Gasteiger partial charge in [0.15, 0.2) is 5.96 Å². The van der Waals surface area contributed by atoms with E-state index in [4.69, 9.17) is 4.74 Å². The molecule has 0 aliphatic carbocycles. The molecule has 1 saturated heterocycles. The lowest BCUT2D eigenvalue weighted by Crippen LogP contribution is -2.45. The number of aliphatic imine (C=N–C) groups is 1. The monoisotopic (exact) mass is 360 g/mol. The zero-order chi connectivity index (χ0) is 18.6. The van der Waals surface area contributed by atoms with Gasteiger partial charge in [-0.15, -0.1) is 0 Å². The van der Waals surface area contributed by atoms with E-state index in [2.05, 4.69) is 51.7 Å². The van der Waals surface area contributed by atoms with Crippen LogP contribution in [0, 0.1) is 0 Å². The quantitative estimate of drug-likeness (QED) is 0.525. The largest absolute Gasteiger partial charge is 0.377 e. The summed E-state index contributed by atoms with van der Waals surface area (Å²) in [6, 6.07) is 9.17. The van der Waals surface area contributed by atoms with Gasteiger partial charge in [-0.25, -0.2) is 0 Å². The predicted octanol–water partition coefficient (Wildman–Crippen LogP) is 3.15. The van der Waals surface area contributed by atoms with Gasteiger partial charge in [0.25, 0.3) is 0 Å². The summed E-state index contributed by atoms with van der Waals surface area (Å²) in [4.78, 5) is 6.99. The van der Waals surface area contributed by atoms with Gasteiger partial charge in [-0.3, -0.25) is 9.89 Å². The van der Waals surface area contributed by atoms with E-state index in [1.54, 1.807) is 0 Å². The van der Waals surface area contributed by atoms with E-state index in [1.165, 1.54) is 43.4 Å². The van der Waals surface area contributed by atoms with Crippen molar-refractivity contribution in [3.05, 3.63) is 35.4 Å². The number of likely N-dealkylation sites (tertiary alicyclic amines) is 1. The van der Waals surface area contributed by atoms with Crippen LogP contribution in [0.2, 0.25) is 0 Å². The Kier molecular flexibility index (Phi) is 9.50. The van der Waals surface area contributed by atoms with E-state index in [1.807, 2.05) is 14.0 Å². The van der Waals surface area contributed by atoms with Crippen molar-refractivity contribution in [1.82, 2.24) is 15.5 Å². The standard InChI is InChI=1S/C21H36N4O/c1-4-20-12-8-9-14-25(20)15-13-23-21(22-3)24-16-18-10-6-7-11-19(18)17-26-5-2/h6-7,10-11,20H,4-5,8-9,12-17H2,1-3H3,(H2,22,23,24). The lowest BCUT2D eigenvalue weighted by Gasteiger charge is -2.35. The highest BCUT2D eigenvalue weighted by Crippen LogP contribution is 2.18. The maximum atomic E-state index is 5.57. The van der Waals surface area contributed by atoms with Gasteiger partial charge in [-0.2, -0.15) is 0 Å². The fraction of sp³-hybridized carbons (Fsp3) is 0.667. The second-order valence-corrected chi connectivity index (χ2v) is 6.85. The third-order valence-corrected chi connectivity index (χ3v) is 5.16. The molecule has 1 aliphatic rings. The second kappa shape index (κ2) is 11.9. The van der Waals surface area contributed by atoms with Gasteiger partial charge in [-0.05, 0) is 43.9 Å². The molecule has 5 nitrogen and oxygen atoms in total. The van der Waals surface area contributed by atoms with E-state index < -0.39 is 0 Å². The minimum absolute atomic E-state index is 0.660. The number of hydrogen-bond acceptors (Lipinski definition) is 3. The van der Waals surface area contributed by atoms with E-state index in [0.29, 0.717) is 6.61 Å². The summed E-state index contributed by atoms with van der Waals surface area (Å²) in [6.45, 7) is 9.72. The van der Waals surface area contributed by atoms with Crippen LogP contribution in [0.15, 0.2) is 29.3 Å². The van der Waals surface area contributed by atoms with Crippen LogP contribution in [-0.4, -0.2) is 50.2 Å². The Morgan fingerprint density at radius 3 is 2.73 bits per heavy atom. The van der Waals surface area contributed by atoms with Crippen LogP contribution in [0.3, 0.4) is 0 Å². The van der Waals surface area contributed by atoms with Gasteiger partial charge in [-0.1, -0.05) is 37.6 Å². The number of hydrogen-bond donors (Lipinski definition) is 2. The Balaban J connectivity index is 1.77. The summed E-state index contributed by atoms with van der Waals surface area (Å²) in [6.07, 6.45) is 5.32. The molecule has 146 valence electrons. The highest BCUT2D eigenvalue weighted by atomic mass is 16.5. The smallest absolute Gasteiger partial charge is 0.191 e. The summed E-state index contributed by atoms with van der Waals surface area (Å²) in [5.41, 5.74) is 2.49. The molecular weight excluding hydrogens is 324 g/mol. The number of benzene rings is 1. The molecule has 1 atom stereocenters. The number of nitrogens with one attached hydrogen (secondary N) is 2. The fourth-order valence-electron chi connectivity index (χ4n) is 3.62. The molecule has 26 heavy (non-hydrogen) atoms. The van der Waals surface area contributed by atoms with Gasteiger partial charge in [0.2, 0.25) is 0 Å². The van der Waals surface area contributed by atoms with E-state index >= 15 is 0 Å². The molecule has 1 unspecified atom stereocenters. The zero-order valence-corrected chi connectivity index (χ0v) is 16.8. The van der Waals surface area contributed by atoms with Crippen LogP contribution in [0.4, 0.5) is 0 Å². The average Bonchev–Trinajstić information content (AvgIpc) is 2.69. The fourth-order valence-corrected chi connectivity index (χ4v) is 3.62. The molecule has 0 saturated carbocycles. The first-order valence-electron chi connectivity index (χ1n) is 10.1. The van der Waals surface area contributed by atoms with Gasteiger partial charge in [0.05, 0.1) is 6.61 Å². The van der Waals surface area contributed by atoms with Gasteiger partial charge < -0.3 is 15.4 Å². The van der Waals surface area contributed by atoms with Crippen LogP contribution >= 0.6 is 0 Å². The van der Waals surface area contributed by atoms with Crippen LogP contribution in [-0.2, 0) is 17.9 Å². The zero-order valence-electron chi connectivity index (χ0n) is 16.8. The average molecular weight is 361 g/mol. The number of rotatable bonds is 9. The maximum Gasteiger partial charge on any atom is 0.191 e. The number of guanidine groups is 1. The van der Waals surface area contributed by atoms with Gasteiger partial charge >= 0.3 is 0 Å². The minimum Gasteiger partial charge on any atom is -0.377 e. The molecular formula is C21H36N4O. The van der Waals surface area contributed by atoms with Crippen molar-refractivity contribution in [2.75, 3.05) is 33.3 Å². The normalized spacial score (nSPS) is 18.7. The summed E-state index contributed by atoms with van der Waals surface area (Å²) < 4.78 is 5.57. The highest BCUT2D eigenvalue weighted by molar-refractivity contribution is 5.79. The molecule has 1 heterocycles. The van der Waals surface area contributed by atoms with Crippen LogP contribution < -0.4 is 10.6 Å². The van der Waals surface area contributed by atoms with Crippen molar-refractivity contribution in [3.63, 3.8) is 0 Å². The molecule has 5 heteroatoms. The Labute approximate surface area is 159 Å². The number of piperidine rings is 1. The van der Waals surface area contributed by atoms with Crippen molar-refractivity contribution in [2.45, 2.75) is 58.7 Å². The number of nitrogens with zero attached hydrogens (tertiary/aromatic N) is 2. The van der Waals surface area contributed by atoms with Crippen molar-refractivity contribution < 1.29 is 4.74 Å². The van der Waals surface area contributed by atoms with E-state index in [-0.39, 0.29) is 0 Å². The van der Waals surface area contributed by atoms with Gasteiger partial charge in [0, 0.05) is 39.3 Å². The number of ether oxygens (including phenoxy) is 1. The summed E-state index contributed by atoms with van der Waals surface area (Å²) in [7, 11) is 1.83. The molecule has 2 N–H and O–H groups in total. The molecule has 0 radical (unpaired) electrons. The third kappa shape index (κ3) is 6.61. The molecule has 0 aromatic heterocycles. The molecule has 2 rings (SSSR count). The van der Waals surface area contributed by atoms with Crippen molar-refractivity contribution in [2.24, 2.45) is 4.99 Å². The lowest BCUT2D eigenvalue weighted by molar-refractivity contribution is 0.133. The molecule has 1 fully saturated rings. The topological polar surface area (TPSA) is 48.9 Å². The van der Waals surface area contributed by atoms with Crippen molar-refractivity contribution in [3.8, 4) is 0 Å². The summed E-state index contributed by atoms with van der Waals surface area (Å²) >= 11 is 0. The molecule has 1 aliphatic heterocycles. The Hall–Kier alpha value is -1.59.